The molecule has 7 rings (SSSR count). The van der Waals surface area contributed by atoms with Crippen LogP contribution < -0.4 is 14.5 Å². The molecule has 45 heavy (non-hydrogen) atoms. The van der Waals surface area contributed by atoms with Crippen LogP contribution in [0.1, 0.15) is 43.5 Å². The summed E-state index contributed by atoms with van der Waals surface area (Å²) in [5, 5.41) is 0. The third-order valence-electron chi connectivity index (χ3n) is 8.95. The van der Waals surface area contributed by atoms with E-state index in [1.54, 1.807) is 18.2 Å². The molecule has 3 aromatic heterocycles. The summed E-state index contributed by atoms with van der Waals surface area (Å²) < 4.78 is 9.99. The van der Waals surface area contributed by atoms with E-state index in [1.807, 2.05) is 77.7 Å². The first-order valence-corrected chi connectivity index (χ1v) is 15.3. The van der Waals surface area contributed by atoms with Crippen molar-refractivity contribution in [2.24, 2.45) is 0 Å². The van der Waals surface area contributed by atoms with Crippen molar-refractivity contribution < 1.29 is 14.3 Å². The zero-order valence-corrected chi connectivity index (χ0v) is 25.8. The molecule has 0 unspecified atom stereocenters. The average Bonchev–Trinajstić information content (AvgIpc) is 3.59. The van der Waals surface area contributed by atoms with E-state index in [2.05, 4.69) is 45.0 Å². The number of piperazine rings is 1. The summed E-state index contributed by atoms with van der Waals surface area (Å²) in [6, 6.07) is 27.6. The number of aryl methyl sites for hydroxylation is 2. The largest absolute Gasteiger partial charge is 0.496 e. The Labute approximate surface area is 262 Å². The highest BCUT2D eigenvalue weighted by Gasteiger charge is 2.31. The van der Waals surface area contributed by atoms with Crippen molar-refractivity contribution in [3.8, 4) is 11.4 Å². The number of hydrogen-bond acceptors (Lipinski definition) is 5. The van der Waals surface area contributed by atoms with Gasteiger partial charge in [0, 0.05) is 66.9 Å². The third kappa shape index (κ3) is 5.14. The predicted molar refractivity (Wildman–Crippen MR) is 175 cm³/mol. The Balaban J connectivity index is 1.17. The standard InChI is InChI=1S/C36H36N6O3/c1-25-11-12-26(2)42(25)28-13-15-30(33(22-28)45-3)35(43)41-24-29-14-16-32(40(29)23-27-8-4-5-9-31(27)41)36(44)39-20-18-38(19-21-39)34-10-6-7-17-37-34/h4-17,22H,18-21,23-24H2,1-3H3. The van der Waals surface area contributed by atoms with Crippen molar-refractivity contribution in [3.05, 3.63) is 125 Å². The van der Waals surface area contributed by atoms with E-state index >= 15 is 0 Å². The number of amides is 2. The fraction of sp³-hybridized carbons (Fsp3) is 0.250. The number of anilines is 2. The summed E-state index contributed by atoms with van der Waals surface area (Å²) >= 11 is 0. The highest BCUT2D eigenvalue weighted by atomic mass is 16.5. The van der Waals surface area contributed by atoms with E-state index in [0.29, 0.717) is 43.2 Å². The molecule has 2 aromatic carbocycles. The molecular weight excluding hydrogens is 564 g/mol. The van der Waals surface area contributed by atoms with Gasteiger partial charge in [-0.1, -0.05) is 24.3 Å². The molecule has 228 valence electrons. The second-order valence-electron chi connectivity index (χ2n) is 11.6. The van der Waals surface area contributed by atoms with Gasteiger partial charge in [0.05, 0.1) is 25.8 Å². The zero-order chi connectivity index (χ0) is 31.1. The van der Waals surface area contributed by atoms with E-state index in [4.69, 9.17) is 4.74 Å². The molecule has 0 radical (unpaired) electrons. The number of aromatic nitrogens is 3. The van der Waals surface area contributed by atoms with E-state index in [1.165, 1.54) is 0 Å². The Hall–Kier alpha value is -5.31. The Bertz CT molecular complexity index is 1860. The molecule has 5 heterocycles. The maximum absolute atomic E-state index is 14.3. The number of para-hydroxylation sites is 1. The average molecular weight is 601 g/mol. The van der Waals surface area contributed by atoms with Gasteiger partial charge in [0.15, 0.2) is 0 Å². The maximum Gasteiger partial charge on any atom is 0.270 e. The van der Waals surface area contributed by atoms with E-state index in [-0.39, 0.29) is 11.8 Å². The van der Waals surface area contributed by atoms with Gasteiger partial charge in [0.25, 0.3) is 11.8 Å². The number of methoxy groups -OCH3 is 1. The minimum absolute atomic E-state index is 0.00651. The molecule has 0 aliphatic carbocycles. The molecule has 9 nitrogen and oxygen atoms in total. The lowest BCUT2D eigenvalue weighted by molar-refractivity contribution is 0.0735. The fourth-order valence-electron chi connectivity index (χ4n) is 6.59. The number of benzene rings is 2. The molecule has 2 amide bonds. The first kappa shape index (κ1) is 28.5. The minimum atomic E-state index is -0.153. The van der Waals surface area contributed by atoms with Gasteiger partial charge < -0.3 is 28.6 Å². The van der Waals surface area contributed by atoms with Crippen molar-refractivity contribution >= 4 is 23.3 Å². The van der Waals surface area contributed by atoms with Crippen LogP contribution in [0.5, 0.6) is 5.75 Å². The van der Waals surface area contributed by atoms with Crippen molar-refractivity contribution in [1.29, 1.82) is 0 Å². The molecular formula is C36H36N6O3. The zero-order valence-electron chi connectivity index (χ0n) is 25.8. The van der Waals surface area contributed by atoms with Crippen LogP contribution >= 0.6 is 0 Å². The third-order valence-corrected chi connectivity index (χ3v) is 8.95. The summed E-state index contributed by atoms with van der Waals surface area (Å²) in [6.07, 6.45) is 1.80. The molecule has 0 atom stereocenters. The first-order valence-electron chi connectivity index (χ1n) is 15.3. The molecule has 1 fully saturated rings. The number of pyridine rings is 1. The first-order chi connectivity index (χ1) is 21.9. The molecule has 2 aliphatic rings. The fourth-order valence-corrected chi connectivity index (χ4v) is 6.59. The lowest BCUT2D eigenvalue weighted by atomic mass is 10.1. The normalized spacial score (nSPS) is 14.5. The highest BCUT2D eigenvalue weighted by Crippen LogP contribution is 2.33. The second kappa shape index (κ2) is 11.6. The number of carbonyl (C=O) groups excluding carboxylic acids is 2. The lowest BCUT2D eigenvalue weighted by Crippen LogP contribution is -2.49. The monoisotopic (exact) mass is 600 g/mol. The van der Waals surface area contributed by atoms with Crippen molar-refractivity contribution in [2.45, 2.75) is 26.9 Å². The Morgan fingerprint density at radius 1 is 0.778 bits per heavy atom. The SMILES string of the molecule is COc1cc(-n2c(C)ccc2C)ccc1C(=O)N1Cc2ccc(C(=O)N3CCN(c4ccccn4)CC3)n2Cc2ccccc21. The molecule has 2 aliphatic heterocycles. The number of carbonyl (C=O) groups is 2. The van der Waals surface area contributed by atoms with Crippen LogP contribution in [0.15, 0.2) is 91.1 Å². The van der Waals surface area contributed by atoms with Gasteiger partial charge in [0.2, 0.25) is 0 Å². The van der Waals surface area contributed by atoms with Gasteiger partial charge in [0.1, 0.15) is 17.3 Å². The van der Waals surface area contributed by atoms with Gasteiger partial charge in [-0.05, 0) is 74.0 Å². The van der Waals surface area contributed by atoms with Crippen molar-refractivity contribution in [1.82, 2.24) is 19.0 Å². The van der Waals surface area contributed by atoms with Crippen LogP contribution in [0.25, 0.3) is 5.69 Å². The van der Waals surface area contributed by atoms with Crippen LogP contribution in [0.4, 0.5) is 11.5 Å². The summed E-state index contributed by atoms with van der Waals surface area (Å²) in [4.78, 5) is 38.6. The van der Waals surface area contributed by atoms with Crippen LogP contribution in [-0.4, -0.2) is 64.1 Å². The molecule has 0 spiro atoms. The van der Waals surface area contributed by atoms with Crippen LogP contribution in [0.3, 0.4) is 0 Å². The van der Waals surface area contributed by atoms with Gasteiger partial charge in [-0.2, -0.15) is 0 Å². The minimum Gasteiger partial charge on any atom is -0.496 e. The summed E-state index contributed by atoms with van der Waals surface area (Å²) in [5.74, 6) is 1.30. The van der Waals surface area contributed by atoms with Crippen LogP contribution in [0, 0.1) is 13.8 Å². The Morgan fingerprint density at radius 3 is 2.27 bits per heavy atom. The van der Waals surface area contributed by atoms with Gasteiger partial charge in [-0.25, -0.2) is 4.98 Å². The van der Waals surface area contributed by atoms with Crippen molar-refractivity contribution in [3.63, 3.8) is 0 Å². The number of nitrogens with zero attached hydrogens (tertiary/aromatic N) is 6. The highest BCUT2D eigenvalue weighted by molar-refractivity contribution is 6.08. The van der Waals surface area contributed by atoms with Crippen LogP contribution in [0.2, 0.25) is 0 Å². The number of ether oxygens (including phenoxy) is 1. The summed E-state index contributed by atoms with van der Waals surface area (Å²) in [7, 11) is 1.60. The smallest absolute Gasteiger partial charge is 0.270 e. The van der Waals surface area contributed by atoms with E-state index < -0.39 is 0 Å². The van der Waals surface area contributed by atoms with Gasteiger partial charge in [-0.15, -0.1) is 0 Å². The Kier molecular flexibility index (Phi) is 7.37. The maximum atomic E-state index is 14.3. The molecule has 5 aromatic rings. The van der Waals surface area contributed by atoms with E-state index in [9.17, 15) is 9.59 Å². The quantitative estimate of drug-likeness (QED) is 0.268. The topological polar surface area (TPSA) is 75.8 Å². The van der Waals surface area contributed by atoms with Gasteiger partial charge in [-0.3, -0.25) is 9.59 Å². The number of hydrogen-bond donors (Lipinski definition) is 0. The molecule has 1 saturated heterocycles. The molecule has 0 bridgehead atoms. The molecule has 0 N–H and O–H groups in total. The van der Waals surface area contributed by atoms with Crippen LogP contribution in [-0.2, 0) is 13.1 Å². The number of rotatable bonds is 5. The molecule has 0 saturated carbocycles. The second-order valence-corrected chi connectivity index (χ2v) is 11.6. The van der Waals surface area contributed by atoms with Gasteiger partial charge >= 0.3 is 0 Å². The summed E-state index contributed by atoms with van der Waals surface area (Å²) in [5.41, 5.74) is 7.00. The molecule has 9 heteroatoms. The lowest BCUT2D eigenvalue weighted by Gasteiger charge is -2.35. The van der Waals surface area contributed by atoms with E-state index in [0.717, 1.165) is 52.9 Å². The Morgan fingerprint density at radius 2 is 1.53 bits per heavy atom. The van der Waals surface area contributed by atoms with Crippen molar-refractivity contribution in [2.75, 3.05) is 43.1 Å². The summed E-state index contributed by atoms with van der Waals surface area (Å²) in [6.45, 7) is 7.64. The predicted octanol–water partition coefficient (Wildman–Crippen LogP) is 5.47. The number of fused-ring (bicyclic) bond motifs is 2.